The van der Waals surface area contributed by atoms with E-state index in [-0.39, 0.29) is 5.23 Å². The molecule has 0 atom stereocenters. The van der Waals surface area contributed by atoms with Gasteiger partial charge >= 0.3 is 0 Å². The first-order chi connectivity index (χ1) is 5.24. The van der Waals surface area contributed by atoms with Gasteiger partial charge < -0.3 is 4.74 Å². The third kappa shape index (κ3) is 1.83. The normalized spacial score (nSPS) is 9.36. The minimum Gasteiger partial charge on any atom is -0.497 e. The molecule has 0 aliphatic carbocycles. The maximum Gasteiger partial charge on any atom is 0.119 e. The highest BCUT2D eigenvalue weighted by atomic mass is 16.8. The van der Waals surface area contributed by atoms with Crippen LogP contribution in [-0.4, -0.2) is 17.5 Å². The maximum atomic E-state index is 8.54. The summed E-state index contributed by atoms with van der Waals surface area (Å²) in [6.45, 7) is 0. The summed E-state index contributed by atoms with van der Waals surface area (Å²) < 4.78 is 4.87. The zero-order valence-electron chi connectivity index (χ0n) is 6.06. The van der Waals surface area contributed by atoms with Gasteiger partial charge in [0.25, 0.3) is 0 Å². The molecule has 0 bridgehead atoms. The van der Waals surface area contributed by atoms with E-state index >= 15 is 0 Å². The summed E-state index contributed by atoms with van der Waals surface area (Å²) in [5, 5.41) is 17.1. The maximum absolute atomic E-state index is 8.54. The minimum atomic E-state index is 0.0550. The van der Waals surface area contributed by atoms with Crippen LogP contribution in [0.3, 0.4) is 0 Å². The summed E-state index contributed by atoms with van der Waals surface area (Å²) in [5.41, 5.74) is 0.297. The van der Waals surface area contributed by atoms with Crippen LogP contribution < -0.4 is 9.96 Å². The fraction of sp³-hybridized carbons (Fsp3) is 0.143. The van der Waals surface area contributed by atoms with Crippen molar-refractivity contribution in [2.24, 2.45) is 0 Å². The number of methoxy groups -OCH3 is 1. The molecule has 0 aromatic heterocycles. The summed E-state index contributed by atoms with van der Waals surface area (Å²) in [4.78, 5) is 0. The SMILES string of the molecule is COc1ccc(N(O)O)cc1. The molecule has 0 amide bonds. The molecule has 0 saturated carbocycles. The number of rotatable bonds is 2. The summed E-state index contributed by atoms with van der Waals surface area (Å²) in [6.07, 6.45) is 0. The van der Waals surface area contributed by atoms with Crippen LogP contribution >= 0.6 is 0 Å². The van der Waals surface area contributed by atoms with E-state index in [1.165, 1.54) is 12.1 Å². The molecular weight excluding hydrogens is 146 g/mol. The standard InChI is InChI=1S/C7H9NO3/c1-11-7-4-2-6(3-5-7)8(9)10/h2-5,9-10H,1H3. The molecule has 0 aliphatic rings. The van der Waals surface area contributed by atoms with Crippen LogP contribution in [0.25, 0.3) is 0 Å². The molecule has 60 valence electrons. The van der Waals surface area contributed by atoms with Crippen molar-refractivity contribution in [2.75, 3.05) is 12.3 Å². The van der Waals surface area contributed by atoms with Crippen LogP contribution in [0.2, 0.25) is 0 Å². The average Bonchev–Trinajstić information content (AvgIpc) is 2.05. The van der Waals surface area contributed by atoms with E-state index in [0.717, 1.165) is 0 Å². The molecule has 0 heterocycles. The van der Waals surface area contributed by atoms with E-state index in [1.54, 1.807) is 19.2 Å². The van der Waals surface area contributed by atoms with Crippen molar-refractivity contribution in [3.63, 3.8) is 0 Å². The highest BCUT2D eigenvalue weighted by molar-refractivity contribution is 5.44. The summed E-state index contributed by atoms with van der Waals surface area (Å²) in [6, 6.07) is 6.32. The Hall–Kier alpha value is -1.26. The zero-order valence-corrected chi connectivity index (χ0v) is 6.06. The third-order valence-corrected chi connectivity index (χ3v) is 1.30. The van der Waals surface area contributed by atoms with Gasteiger partial charge in [-0.1, -0.05) is 0 Å². The first kappa shape index (κ1) is 7.84. The number of ether oxygens (including phenoxy) is 1. The Morgan fingerprint density at radius 3 is 2.09 bits per heavy atom. The van der Waals surface area contributed by atoms with E-state index in [0.29, 0.717) is 11.4 Å². The molecule has 4 nitrogen and oxygen atoms in total. The summed E-state index contributed by atoms with van der Waals surface area (Å²) >= 11 is 0. The molecule has 2 N–H and O–H groups in total. The van der Waals surface area contributed by atoms with Crippen molar-refractivity contribution in [2.45, 2.75) is 0 Å². The molecule has 11 heavy (non-hydrogen) atoms. The van der Waals surface area contributed by atoms with Gasteiger partial charge in [0.1, 0.15) is 5.75 Å². The fourth-order valence-corrected chi connectivity index (χ4v) is 0.716. The second-order valence-electron chi connectivity index (χ2n) is 1.99. The average molecular weight is 155 g/mol. The smallest absolute Gasteiger partial charge is 0.119 e. The lowest BCUT2D eigenvalue weighted by Crippen LogP contribution is -2.10. The first-order valence-corrected chi connectivity index (χ1v) is 3.06. The summed E-state index contributed by atoms with van der Waals surface area (Å²) in [5.74, 6) is 0.676. The van der Waals surface area contributed by atoms with Crippen molar-refractivity contribution < 1.29 is 15.2 Å². The van der Waals surface area contributed by atoms with E-state index in [9.17, 15) is 0 Å². The largest absolute Gasteiger partial charge is 0.497 e. The van der Waals surface area contributed by atoms with Gasteiger partial charge in [-0.2, -0.15) is 0 Å². The lowest BCUT2D eigenvalue weighted by Gasteiger charge is -2.07. The van der Waals surface area contributed by atoms with Crippen molar-refractivity contribution in [1.82, 2.24) is 0 Å². The topological polar surface area (TPSA) is 52.9 Å². The Bertz CT molecular complexity index is 220. The van der Waals surface area contributed by atoms with Crippen molar-refractivity contribution in [1.29, 1.82) is 0 Å². The van der Waals surface area contributed by atoms with Crippen LogP contribution in [0.15, 0.2) is 24.3 Å². The Labute approximate surface area is 64.2 Å². The molecule has 0 saturated heterocycles. The monoisotopic (exact) mass is 155 g/mol. The lowest BCUT2D eigenvalue weighted by atomic mass is 10.3. The predicted molar refractivity (Wildman–Crippen MR) is 39.0 cm³/mol. The van der Waals surface area contributed by atoms with Gasteiger partial charge in [-0.15, -0.1) is 5.23 Å². The van der Waals surface area contributed by atoms with Gasteiger partial charge in [0.05, 0.1) is 12.8 Å². The van der Waals surface area contributed by atoms with Crippen molar-refractivity contribution in [3.05, 3.63) is 24.3 Å². The van der Waals surface area contributed by atoms with Crippen molar-refractivity contribution in [3.8, 4) is 5.75 Å². The van der Waals surface area contributed by atoms with Gasteiger partial charge in [-0.05, 0) is 24.3 Å². The van der Waals surface area contributed by atoms with Crippen LogP contribution in [0.1, 0.15) is 0 Å². The molecular formula is C7H9NO3. The van der Waals surface area contributed by atoms with Crippen molar-refractivity contribution >= 4 is 5.69 Å². The van der Waals surface area contributed by atoms with E-state index in [2.05, 4.69) is 0 Å². The second-order valence-corrected chi connectivity index (χ2v) is 1.99. The molecule has 1 aromatic rings. The van der Waals surface area contributed by atoms with Gasteiger partial charge in [-0.25, -0.2) is 0 Å². The highest BCUT2D eigenvalue weighted by Gasteiger charge is 1.97. The third-order valence-electron chi connectivity index (χ3n) is 1.30. The molecule has 0 fully saturated rings. The van der Waals surface area contributed by atoms with Gasteiger partial charge in [-0.3, -0.25) is 10.4 Å². The Kier molecular flexibility index (Phi) is 2.30. The Balaban J connectivity index is 2.83. The molecule has 4 heteroatoms. The van der Waals surface area contributed by atoms with Crippen LogP contribution in [0, 0.1) is 0 Å². The summed E-state index contributed by atoms with van der Waals surface area (Å²) in [7, 11) is 1.55. The quantitative estimate of drug-likeness (QED) is 0.631. The number of hydrogen-bond acceptors (Lipinski definition) is 4. The van der Waals surface area contributed by atoms with Crippen LogP contribution in [0.5, 0.6) is 5.75 Å². The van der Waals surface area contributed by atoms with Crippen LogP contribution in [-0.2, 0) is 0 Å². The zero-order chi connectivity index (χ0) is 8.27. The molecule has 1 aromatic carbocycles. The Morgan fingerprint density at radius 2 is 1.73 bits per heavy atom. The molecule has 0 aliphatic heterocycles. The fourth-order valence-electron chi connectivity index (χ4n) is 0.716. The van der Waals surface area contributed by atoms with E-state index in [4.69, 9.17) is 15.2 Å². The van der Waals surface area contributed by atoms with E-state index in [1.807, 2.05) is 0 Å². The minimum absolute atomic E-state index is 0.0550. The predicted octanol–water partition coefficient (Wildman–Crippen LogP) is 1.28. The molecule has 1 rings (SSSR count). The highest BCUT2D eigenvalue weighted by Crippen LogP contribution is 2.16. The second kappa shape index (κ2) is 3.23. The lowest BCUT2D eigenvalue weighted by molar-refractivity contribution is 0.0291. The van der Waals surface area contributed by atoms with E-state index < -0.39 is 0 Å². The van der Waals surface area contributed by atoms with Crippen LogP contribution in [0.4, 0.5) is 5.69 Å². The number of nitrogens with zero attached hydrogens (tertiary/aromatic N) is 1. The number of anilines is 1. The van der Waals surface area contributed by atoms with Gasteiger partial charge in [0.2, 0.25) is 0 Å². The molecule has 0 spiro atoms. The first-order valence-electron chi connectivity index (χ1n) is 3.06. The Morgan fingerprint density at radius 1 is 1.18 bits per heavy atom. The van der Waals surface area contributed by atoms with Gasteiger partial charge in [0, 0.05) is 0 Å². The number of hydrogen-bond donors (Lipinski definition) is 2. The molecule has 0 unspecified atom stereocenters. The number of benzene rings is 1. The molecule has 0 radical (unpaired) electrons. The van der Waals surface area contributed by atoms with Gasteiger partial charge in [0.15, 0.2) is 0 Å².